The Balaban J connectivity index is 2.73. The first kappa shape index (κ1) is 8.87. The molecule has 0 aliphatic carbocycles. The van der Waals surface area contributed by atoms with Gasteiger partial charge in [-0.25, -0.2) is 0 Å². The third kappa shape index (κ3) is 2.43. The van der Waals surface area contributed by atoms with Gasteiger partial charge in [0.25, 0.3) is 5.91 Å². The number of carbonyl (C=O) groups is 1. The number of thiocarbonyl (C=S) groups is 1. The molecular weight excluding hydrogens is 170 g/mol. The van der Waals surface area contributed by atoms with E-state index in [2.05, 4.69) is 5.32 Å². The van der Waals surface area contributed by atoms with Crippen molar-refractivity contribution in [2.75, 3.05) is 0 Å². The Morgan fingerprint density at radius 1 is 1.33 bits per heavy atom. The summed E-state index contributed by atoms with van der Waals surface area (Å²) in [6.07, 6.45) is 0. The molecule has 0 saturated heterocycles. The zero-order valence-corrected chi connectivity index (χ0v) is 7.52. The van der Waals surface area contributed by atoms with Gasteiger partial charge in [0, 0.05) is 5.56 Å². The Bertz CT molecular complexity index is 295. The Hall–Kier alpha value is -1.22. The van der Waals surface area contributed by atoms with E-state index in [0.717, 1.165) is 0 Å². The lowest BCUT2D eigenvalue weighted by Crippen LogP contribution is -2.26. The fraction of sp³-hybridized carbons (Fsp3) is 0.111. The van der Waals surface area contributed by atoms with Crippen LogP contribution in [0.1, 0.15) is 17.3 Å². The Morgan fingerprint density at radius 2 is 1.92 bits per heavy atom. The standard InChI is InChI=1S/C9H9NOS/c1-7(12)10-9(11)8-5-3-2-4-6-8/h2-6H,1H3,(H,10,11,12). The van der Waals surface area contributed by atoms with Gasteiger partial charge in [-0.15, -0.1) is 0 Å². The zero-order valence-electron chi connectivity index (χ0n) is 6.70. The van der Waals surface area contributed by atoms with Crippen LogP contribution in [0.2, 0.25) is 0 Å². The topological polar surface area (TPSA) is 29.1 Å². The van der Waals surface area contributed by atoms with Gasteiger partial charge in [-0.3, -0.25) is 4.79 Å². The van der Waals surface area contributed by atoms with Crippen molar-refractivity contribution in [3.05, 3.63) is 35.9 Å². The molecule has 1 amide bonds. The summed E-state index contributed by atoms with van der Waals surface area (Å²) < 4.78 is 0. The van der Waals surface area contributed by atoms with Crippen molar-refractivity contribution >= 4 is 23.1 Å². The van der Waals surface area contributed by atoms with Crippen LogP contribution in [0.15, 0.2) is 30.3 Å². The number of benzene rings is 1. The molecule has 3 heteroatoms. The molecule has 0 atom stereocenters. The molecule has 1 rings (SSSR count). The van der Waals surface area contributed by atoms with E-state index in [0.29, 0.717) is 10.6 Å². The average Bonchev–Trinajstić information content (AvgIpc) is 2.05. The third-order valence-electron chi connectivity index (χ3n) is 1.33. The molecule has 0 aliphatic rings. The highest BCUT2D eigenvalue weighted by molar-refractivity contribution is 7.80. The second-order valence-electron chi connectivity index (χ2n) is 2.38. The summed E-state index contributed by atoms with van der Waals surface area (Å²) in [7, 11) is 0. The van der Waals surface area contributed by atoms with Crippen molar-refractivity contribution in [3.8, 4) is 0 Å². The van der Waals surface area contributed by atoms with Crippen LogP contribution < -0.4 is 5.32 Å². The lowest BCUT2D eigenvalue weighted by molar-refractivity contribution is 0.0977. The van der Waals surface area contributed by atoms with Crippen LogP contribution in [0, 0.1) is 0 Å². The average molecular weight is 179 g/mol. The summed E-state index contributed by atoms with van der Waals surface area (Å²) >= 11 is 4.74. The summed E-state index contributed by atoms with van der Waals surface area (Å²) in [4.78, 5) is 11.7. The van der Waals surface area contributed by atoms with Crippen molar-refractivity contribution in [2.24, 2.45) is 0 Å². The minimum Gasteiger partial charge on any atom is -0.317 e. The van der Waals surface area contributed by atoms with E-state index in [1.165, 1.54) is 0 Å². The first-order valence-corrected chi connectivity index (χ1v) is 3.98. The van der Waals surface area contributed by atoms with Crippen molar-refractivity contribution in [3.63, 3.8) is 0 Å². The molecule has 1 aromatic rings. The highest BCUT2D eigenvalue weighted by Gasteiger charge is 2.02. The second-order valence-corrected chi connectivity index (χ2v) is 2.99. The number of hydrogen-bond acceptors (Lipinski definition) is 2. The molecule has 0 spiro atoms. The predicted molar refractivity (Wildman–Crippen MR) is 52.2 cm³/mol. The third-order valence-corrected chi connectivity index (χ3v) is 1.43. The molecule has 62 valence electrons. The minimum absolute atomic E-state index is 0.150. The van der Waals surface area contributed by atoms with Crippen molar-refractivity contribution in [1.82, 2.24) is 5.32 Å². The van der Waals surface area contributed by atoms with E-state index < -0.39 is 0 Å². The maximum atomic E-state index is 11.3. The highest BCUT2D eigenvalue weighted by Crippen LogP contribution is 1.97. The highest BCUT2D eigenvalue weighted by atomic mass is 32.1. The van der Waals surface area contributed by atoms with Crippen LogP contribution in [0.5, 0.6) is 0 Å². The summed E-state index contributed by atoms with van der Waals surface area (Å²) in [5, 5.41) is 2.55. The number of carbonyl (C=O) groups excluding carboxylic acids is 1. The molecular formula is C9H9NOS. The van der Waals surface area contributed by atoms with Gasteiger partial charge in [0.2, 0.25) is 0 Å². The van der Waals surface area contributed by atoms with Crippen LogP contribution in [0.3, 0.4) is 0 Å². The summed E-state index contributed by atoms with van der Waals surface area (Å²) in [6, 6.07) is 8.98. The first-order chi connectivity index (χ1) is 5.70. The molecule has 0 aromatic heterocycles. The quantitative estimate of drug-likeness (QED) is 0.666. The van der Waals surface area contributed by atoms with E-state index in [-0.39, 0.29) is 5.91 Å². The van der Waals surface area contributed by atoms with Crippen LogP contribution >= 0.6 is 12.2 Å². The molecule has 0 fully saturated rings. The van der Waals surface area contributed by atoms with Crippen molar-refractivity contribution < 1.29 is 4.79 Å². The van der Waals surface area contributed by atoms with Gasteiger partial charge in [0.05, 0.1) is 4.99 Å². The van der Waals surface area contributed by atoms with Crippen LogP contribution in [0.4, 0.5) is 0 Å². The van der Waals surface area contributed by atoms with Gasteiger partial charge >= 0.3 is 0 Å². The normalized spacial score (nSPS) is 9.08. The van der Waals surface area contributed by atoms with Gasteiger partial charge in [0.1, 0.15) is 0 Å². The van der Waals surface area contributed by atoms with E-state index in [4.69, 9.17) is 12.2 Å². The summed E-state index contributed by atoms with van der Waals surface area (Å²) in [5.41, 5.74) is 0.627. The minimum atomic E-state index is -0.150. The van der Waals surface area contributed by atoms with Gasteiger partial charge in [-0.1, -0.05) is 30.4 Å². The van der Waals surface area contributed by atoms with Crippen LogP contribution in [-0.4, -0.2) is 10.9 Å². The molecule has 1 aromatic carbocycles. The predicted octanol–water partition coefficient (Wildman–Crippen LogP) is 1.76. The molecule has 2 nitrogen and oxygen atoms in total. The SMILES string of the molecule is CC(=S)NC(=O)c1ccccc1. The van der Waals surface area contributed by atoms with E-state index in [1.807, 2.05) is 18.2 Å². The molecule has 0 radical (unpaired) electrons. The molecule has 0 heterocycles. The van der Waals surface area contributed by atoms with Gasteiger partial charge in [0.15, 0.2) is 0 Å². The van der Waals surface area contributed by atoms with Crippen molar-refractivity contribution in [2.45, 2.75) is 6.92 Å². The Kier molecular flexibility index (Phi) is 2.94. The molecule has 1 N–H and O–H groups in total. The van der Waals surface area contributed by atoms with E-state index in [1.54, 1.807) is 19.1 Å². The Morgan fingerprint density at radius 3 is 2.42 bits per heavy atom. The van der Waals surface area contributed by atoms with E-state index >= 15 is 0 Å². The van der Waals surface area contributed by atoms with Crippen molar-refractivity contribution in [1.29, 1.82) is 0 Å². The number of rotatable bonds is 1. The Labute approximate surface area is 76.6 Å². The monoisotopic (exact) mass is 179 g/mol. The van der Waals surface area contributed by atoms with Crippen LogP contribution in [-0.2, 0) is 0 Å². The van der Waals surface area contributed by atoms with E-state index in [9.17, 15) is 4.79 Å². The summed E-state index contributed by atoms with van der Waals surface area (Å²) in [5.74, 6) is -0.150. The van der Waals surface area contributed by atoms with Gasteiger partial charge < -0.3 is 5.32 Å². The molecule has 0 aliphatic heterocycles. The number of amides is 1. The molecule has 0 unspecified atom stereocenters. The maximum Gasteiger partial charge on any atom is 0.256 e. The smallest absolute Gasteiger partial charge is 0.256 e. The van der Waals surface area contributed by atoms with Gasteiger partial charge in [-0.2, -0.15) is 0 Å². The molecule has 12 heavy (non-hydrogen) atoms. The lowest BCUT2D eigenvalue weighted by atomic mass is 10.2. The van der Waals surface area contributed by atoms with Crippen LogP contribution in [0.25, 0.3) is 0 Å². The number of hydrogen-bond donors (Lipinski definition) is 1. The first-order valence-electron chi connectivity index (χ1n) is 3.57. The largest absolute Gasteiger partial charge is 0.317 e. The fourth-order valence-corrected chi connectivity index (χ4v) is 0.914. The maximum absolute atomic E-state index is 11.3. The second kappa shape index (κ2) is 3.97. The van der Waals surface area contributed by atoms with Gasteiger partial charge in [-0.05, 0) is 19.1 Å². The lowest BCUT2D eigenvalue weighted by Gasteiger charge is -2.00. The number of nitrogens with one attached hydrogen (secondary N) is 1. The zero-order chi connectivity index (χ0) is 8.97. The fourth-order valence-electron chi connectivity index (χ4n) is 0.822. The molecule has 0 saturated carbocycles. The summed E-state index contributed by atoms with van der Waals surface area (Å²) in [6.45, 7) is 1.68. The molecule has 0 bridgehead atoms.